The molecule has 3 aromatic rings. The molecule has 1 aliphatic heterocycles. The number of aryl methyl sites for hydroxylation is 1. The Hall–Kier alpha value is -3.35. The summed E-state index contributed by atoms with van der Waals surface area (Å²) >= 11 is 0. The molecular weight excluding hydrogens is 332 g/mol. The van der Waals surface area contributed by atoms with Gasteiger partial charge < -0.3 is 19.9 Å². The van der Waals surface area contributed by atoms with Gasteiger partial charge in [-0.2, -0.15) is 0 Å². The van der Waals surface area contributed by atoms with E-state index in [1.54, 1.807) is 12.1 Å². The average Bonchev–Trinajstić information content (AvgIpc) is 2.97. The lowest BCUT2D eigenvalue weighted by Crippen LogP contribution is -2.41. The van der Waals surface area contributed by atoms with E-state index >= 15 is 0 Å². The van der Waals surface area contributed by atoms with Crippen LogP contribution in [0.5, 0.6) is 5.75 Å². The highest BCUT2D eigenvalue weighted by atomic mass is 16.5. The van der Waals surface area contributed by atoms with Crippen LogP contribution in [0.2, 0.25) is 0 Å². The quantitative estimate of drug-likeness (QED) is 0.753. The number of anilines is 1. The summed E-state index contributed by atoms with van der Waals surface area (Å²) in [6.07, 6.45) is -0.894. The van der Waals surface area contributed by atoms with Crippen molar-refractivity contribution in [1.29, 1.82) is 0 Å². The maximum absolute atomic E-state index is 12.3. The number of imidazole rings is 1. The van der Waals surface area contributed by atoms with Crippen LogP contribution in [0.4, 0.5) is 5.69 Å². The molecule has 4 rings (SSSR count). The van der Waals surface area contributed by atoms with Crippen molar-refractivity contribution in [1.82, 2.24) is 14.9 Å². The molecule has 0 saturated carbocycles. The molecule has 7 nitrogen and oxygen atoms in total. The topological polar surface area (TPSA) is 85.3 Å². The van der Waals surface area contributed by atoms with E-state index in [0.29, 0.717) is 11.4 Å². The number of rotatable bonds is 4. The molecule has 2 amide bonds. The Bertz CT molecular complexity index is 995. The van der Waals surface area contributed by atoms with Crippen LogP contribution in [-0.4, -0.2) is 27.5 Å². The highest BCUT2D eigenvalue weighted by molar-refractivity contribution is 5.99. The molecule has 1 unspecified atom stereocenters. The van der Waals surface area contributed by atoms with Gasteiger partial charge in [-0.1, -0.05) is 24.3 Å². The molecule has 1 aliphatic rings. The van der Waals surface area contributed by atoms with Gasteiger partial charge >= 0.3 is 0 Å². The second-order valence-electron chi connectivity index (χ2n) is 6.15. The van der Waals surface area contributed by atoms with Crippen LogP contribution in [-0.2, 0) is 23.2 Å². The highest BCUT2D eigenvalue weighted by Crippen LogP contribution is 2.29. The fourth-order valence-electron chi connectivity index (χ4n) is 3.00. The molecule has 2 aromatic carbocycles. The third-order valence-corrected chi connectivity index (χ3v) is 4.40. The number of carbonyl (C=O) groups is 2. The first kappa shape index (κ1) is 16.1. The molecule has 0 radical (unpaired) electrons. The third-order valence-electron chi connectivity index (χ3n) is 4.40. The van der Waals surface area contributed by atoms with Crippen molar-refractivity contribution in [2.45, 2.75) is 19.1 Å². The minimum atomic E-state index is -0.842. The van der Waals surface area contributed by atoms with E-state index in [1.165, 1.54) is 0 Å². The number of aromatic nitrogens is 2. The van der Waals surface area contributed by atoms with Gasteiger partial charge in [-0.05, 0) is 24.3 Å². The number of carbonyl (C=O) groups excluding carboxylic acids is 2. The van der Waals surface area contributed by atoms with Crippen molar-refractivity contribution in [2.24, 2.45) is 7.05 Å². The van der Waals surface area contributed by atoms with E-state index in [0.717, 1.165) is 16.9 Å². The number of fused-ring (bicyclic) bond motifs is 2. The first-order chi connectivity index (χ1) is 12.6. The summed E-state index contributed by atoms with van der Waals surface area (Å²) in [4.78, 5) is 28.9. The minimum absolute atomic E-state index is 0.0515. The second kappa shape index (κ2) is 6.51. The molecule has 0 bridgehead atoms. The van der Waals surface area contributed by atoms with Gasteiger partial charge in [0.15, 0.2) is 6.10 Å². The smallest absolute Gasteiger partial charge is 0.266 e. The lowest BCUT2D eigenvalue weighted by atomic mass is 10.1. The summed E-state index contributed by atoms with van der Waals surface area (Å²) in [7, 11) is 1.91. The standard InChI is InChI=1S/C19H18N4O3/c1-23-14-8-4-2-6-12(14)21-17(23)11-20-18(24)10-16-19(25)22-13-7-3-5-9-15(13)26-16/h2-9,16H,10-11H2,1H3,(H,20,24)(H,22,25). The summed E-state index contributed by atoms with van der Waals surface area (Å²) in [6, 6.07) is 14.9. The van der Waals surface area contributed by atoms with Crippen LogP contribution in [0.1, 0.15) is 12.2 Å². The van der Waals surface area contributed by atoms with Crippen LogP contribution in [0.3, 0.4) is 0 Å². The molecule has 2 N–H and O–H groups in total. The van der Waals surface area contributed by atoms with Crippen molar-refractivity contribution < 1.29 is 14.3 Å². The molecule has 0 spiro atoms. The van der Waals surface area contributed by atoms with Gasteiger partial charge in [0.1, 0.15) is 11.6 Å². The van der Waals surface area contributed by atoms with E-state index in [-0.39, 0.29) is 24.8 Å². The van der Waals surface area contributed by atoms with Crippen molar-refractivity contribution in [3.05, 3.63) is 54.4 Å². The zero-order chi connectivity index (χ0) is 18.1. The molecular formula is C19H18N4O3. The van der Waals surface area contributed by atoms with Crippen molar-refractivity contribution in [3.63, 3.8) is 0 Å². The predicted molar refractivity (Wildman–Crippen MR) is 96.7 cm³/mol. The molecule has 0 saturated heterocycles. The Balaban J connectivity index is 1.40. The lowest BCUT2D eigenvalue weighted by Gasteiger charge is -2.25. The van der Waals surface area contributed by atoms with Crippen LogP contribution in [0.25, 0.3) is 11.0 Å². The van der Waals surface area contributed by atoms with E-state index in [1.807, 2.05) is 48.0 Å². The monoisotopic (exact) mass is 350 g/mol. The van der Waals surface area contributed by atoms with Gasteiger partial charge in [0.05, 0.1) is 29.7 Å². The van der Waals surface area contributed by atoms with Gasteiger partial charge in [-0.25, -0.2) is 4.98 Å². The molecule has 0 fully saturated rings. The van der Waals surface area contributed by atoms with Crippen LogP contribution in [0.15, 0.2) is 48.5 Å². The Morgan fingerprint density at radius 1 is 1.23 bits per heavy atom. The van der Waals surface area contributed by atoms with Gasteiger partial charge in [0.2, 0.25) is 5.91 Å². The van der Waals surface area contributed by atoms with Crippen molar-refractivity contribution >= 4 is 28.5 Å². The Kier molecular flexibility index (Phi) is 4.04. The first-order valence-electron chi connectivity index (χ1n) is 8.35. The predicted octanol–water partition coefficient (Wildman–Crippen LogP) is 1.98. The van der Waals surface area contributed by atoms with Gasteiger partial charge in [-0.15, -0.1) is 0 Å². The van der Waals surface area contributed by atoms with Gasteiger partial charge in [0, 0.05) is 7.05 Å². The van der Waals surface area contributed by atoms with E-state index in [2.05, 4.69) is 15.6 Å². The summed E-state index contributed by atoms with van der Waals surface area (Å²) < 4.78 is 7.59. The fourth-order valence-corrected chi connectivity index (χ4v) is 3.00. The van der Waals surface area contributed by atoms with E-state index in [4.69, 9.17) is 4.74 Å². The Morgan fingerprint density at radius 3 is 2.85 bits per heavy atom. The largest absolute Gasteiger partial charge is 0.478 e. The fraction of sp³-hybridized carbons (Fsp3) is 0.211. The van der Waals surface area contributed by atoms with E-state index in [9.17, 15) is 9.59 Å². The van der Waals surface area contributed by atoms with Crippen LogP contribution in [0, 0.1) is 0 Å². The summed E-state index contributed by atoms with van der Waals surface area (Å²) in [5.41, 5.74) is 2.50. The maximum Gasteiger partial charge on any atom is 0.266 e. The highest BCUT2D eigenvalue weighted by Gasteiger charge is 2.29. The van der Waals surface area contributed by atoms with Gasteiger partial charge in [0.25, 0.3) is 5.91 Å². The molecule has 26 heavy (non-hydrogen) atoms. The van der Waals surface area contributed by atoms with Crippen LogP contribution < -0.4 is 15.4 Å². The Labute approximate surface area is 150 Å². The molecule has 2 heterocycles. The number of hydrogen-bond acceptors (Lipinski definition) is 4. The number of nitrogens with zero attached hydrogens (tertiary/aromatic N) is 2. The number of benzene rings is 2. The molecule has 0 aliphatic carbocycles. The zero-order valence-electron chi connectivity index (χ0n) is 14.2. The summed E-state index contributed by atoms with van der Waals surface area (Å²) in [5, 5.41) is 5.57. The number of ether oxygens (including phenoxy) is 1. The number of hydrogen-bond donors (Lipinski definition) is 2. The lowest BCUT2D eigenvalue weighted by molar-refractivity contribution is -0.130. The minimum Gasteiger partial charge on any atom is -0.478 e. The van der Waals surface area contributed by atoms with Crippen LogP contribution >= 0.6 is 0 Å². The second-order valence-corrected chi connectivity index (χ2v) is 6.15. The first-order valence-corrected chi connectivity index (χ1v) is 8.35. The molecule has 7 heteroatoms. The molecule has 132 valence electrons. The molecule has 1 atom stereocenters. The average molecular weight is 350 g/mol. The van der Waals surface area contributed by atoms with Crippen molar-refractivity contribution in [3.8, 4) is 5.75 Å². The SMILES string of the molecule is Cn1c(CNC(=O)CC2Oc3ccccc3NC2=O)nc2ccccc21. The summed E-state index contributed by atoms with van der Waals surface area (Å²) in [6.45, 7) is 0.287. The third kappa shape index (κ3) is 2.99. The molecule has 1 aromatic heterocycles. The maximum atomic E-state index is 12.3. The van der Waals surface area contributed by atoms with Gasteiger partial charge in [-0.3, -0.25) is 9.59 Å². The van der Waals surface area contributed by atoms with E-state index < -0.39 is 6.10 Å². The van der Waals surface area contributed by atoms with Crippen molar-refractivity contribution in [2.75, 3.05) is 5.32 Å². The number of nitrogens with one attached hydrogen (secondary N) is 2. The Morgan fingerprint density at radius 2 is 2.00 bits per heavy atom. The number of amides is 2. The number of para-hydroxylation sites is 4. The summed E-state index contributed by atoms with van der Waals surface area (Å²) in [5.74, 6) is 0.734. The normalized spacial score (nSPS) is 15.9. The zero-order valence-corrected chi connectivity index (χ0v) is 14.2.